The molecule has 2 nitrogen and oxygen atoms in total. The molecule has 0 saturated carbocycles. The molecule has 1 N–H and O–H groups in total. The minimum atomic E-state index is 0.0534. The number of ether oxygens (including phenoxy) is 1. The molecule has 0 aliphatic carbocycles. The second-order valence-corrected chi connectivity index (χ2v) is 4.53. The molecule has 0 aromatic carbocycles. The Morgan fingerprint density at radius 2 is 1.85 bits per heavy atom. The van der Waals surface area contributed by atoms with Crippen LogP contribution in [0, 0.1) is 0 Å². The van der Waals surface area contributed by atoms with E-state index in [-0.39, 0.29) is 5.60 Å². The molecule has 0 radical (unpaired) electrons. The topological polar surface area (TPSA) is 21.3 Å². The van der Waals surface area contributed by atoms with Gasteiger partial charge in [-0.05, 0) is 39.7 Å². The van der Waals surface area contributed by atoms with Gasteiger partial charge in [-0.1, -0.05) is 13.8 Å². The van der Waals surface area contributed by atoms with Crippen LogP contribution in [-0.4, -0.2) is 25.3 Å². The quantitative estimate of drug-likeness (QED) is 0.619. The first kappa shape index (κ1) is 12.9. The lowest BCUT2D eigenvalue weighted by atomic mass is 10.0. The van der Waals surface area contributed by atoms with Gasteiger partial charge in [0.15, 0.2) is 0 Å². The van der Waals surface area contributed by atoms with Gasteiger partial charge in [-0.15, -0.1) is 0 Å². The molecule has 0 aromatic rings. The molecule has 0 amide bonds. The van der Waals surface area contributed by atoms with Gasteiger partial charge in [-0.25, -0.2) is 0 Å². The van der Waals surface area contributed by atoms with E-state index in [9.17, 15) is 0 Å². The monoisotopic (exact) mass is 187 g/mol. The van der Waals surface area contributed by atoms with Gasteiger partial charge >= 0.3 is 0 Å². The standard InChI is InChI=1S/C11H25NO/c1-10(2)12-9-7-6-8-11(3,4)13-5/h10,12H,6-9H2,1-5H3. The second kappa shape index (κ2) is 6.39. The fourth-order valence-electron chi connectivity index (χ4n) is 1.17. The Kier molecular flexibility index (Phi) is 6.35. The maximum Gasteiger partial charge on any atom is 0.0622 e. The summed E-state index contributed by atoms with van der Waals surface area (Å²) in [5.74, 6) is 0. The summed E-state index contributed by atoms with van der Waals surface area (Å²) in [4.78, 5) is 0. The van der Waals surface area contributed by atoms with E-state index in [1.54, 1.807) is 7.11 Å². The molecule has 0 atom stereocenters. The Labute approximate surface area is 83.1 Å². The van der Waals surface area contributed by atoms with E-state index in [0.717, 1.165) is 13.0 Å². The summed E-state index contributed by atoms with van der Waals surface area (Å²) >= 11 is 0. The molecule has 0 spiro atoms. The van der Waals surface area contributed by atoms with Gasteiger partial charge in [-0.2, -0.15) is 0 Å². The van der Waals surface area contributed by atoms with Crippen molar-refractivity contribution in [2.24, 2.45) is 0 Å². The molecular formula is C11H25NO. The highest BCUT2D eigenvalue weighted by atomic mass is 16.5. The highest BCUT2D eigenvalue weighted by molar-refractivity contribution is 4.67. The van der Waals surface area contributed by atoms with Gasteiger partial charge in [0.2, 0.25) is 0 Å². The third-order valence-electron chi connectivity index (χ3n) is 2.31. The minimum Gasteiger partial charge on any atom is -0.379 e. The van der Waals surface area contributed by atoms with Crippen molar-refractivity contribution in [1.82, 2.24) is 5.32 Å². The van der Waals surface area contributed by atoms with Crippen LogP contribution < -0.4 is 5.32 Å². The zero-order valence-electron chi connectivity index (χ0n) is 9.81. The van der Waals surface area contributed by atoms with Crippen molar-refractivity contribution < 1.29 is 4.74 Å². The lowest BCUT2D eigenvalue weighted by molar-refractivity contribution is 0.0135. The fraction of sp³-hybridized carbons (Fsp3) is 1.00. The number of hydrogen-bond acceptors (Lipinski definition) is 2. The first-order valence-corrected chi connectivity index (χ1v) is 5.26. The number of nitrogens with one attached hydrogen (secondary N) is 1. The van der Waals surface area contributed by atoms with E-state index < -0.39 is 0 Å². The van der Waals surface area contributed by atoms with E-state index in [1.165, 1.54) is 12.8 Å². The van der Waals surface area contributed by atoms with Gasteiger partial charge in [0.1, 0.15) is 0 Å². The minimum absolute atomic E-state index is 0.0534. The van der Waals surface area contributed by atoms with Crippen molar-refractivity contribution in [3.05, 3.63) is 0 Å². The average molecular weight is 187 g/mol. The van der Waals surface area contributed by atoms with Gasteiger partial charge in [0, 0.05) is 13.2 Å². The third kappa shape index (κ3) is 8.26. The largest absolute Gasteiger partial charge is 0.379 e. The van der Waals surface area contributed by atoms with Crippen LogP contribution in [0.3, 0.4) is 0 Å². The molecule has 0 aromatic heterocycles. The highest BCUT2D eigenvalue weighted by Gasteiger charge is 2.14. The second-order valence-electron chi connectivity index (χ2n) is 4.53. The van der Waals surface area contributed by atoms with Gasteiger partial charge in [0.25, 0.3) is 0 Å². The highest BCUT2D eigenvalue weighted by Crippen LogP contribution is 2.15. The first-order chi connectivity index (χ1) is 5.98. The summed E-state index contributed by atoms with van der Waals surface area (Å²) < 4.78 is 5.34. The Morgan fingerprint density at radius 3 is 2.31 bits per heavy atom. The van der Waals surface area contributed by atoms with Crippen molar-refractivity contribution in [2.75, 3.05) is 13.7 Å². The Balaban J connectivity index is 3.26. The maximum absolute atomic E-state index is 5.34. The fourth-order valence-corrected chi connectivity index (χ4v) is 1.17. The lowest BCUT2D eigenvalue weighted by Gasteiger charge is -2.22. The van der Waals surface area contributed by atoms with E-state index >= 15 is 0 Å². The third-order valence-corrected chi connectivity index (χ3v) is 2.31. The summed E-state index contributed by atoms with van der Waals surface area (Å²) in [5.41, 5.74) is 0.0534. The van der Waals surface area contributed by atoms with Crippen molar-refractivity contribution in [2.45, 2.75) is 58.6 Å². The summed E-state index contributed by atoms with van der Waals surface area (Å²) in [6.07, 6.45) is 3.62. The van der Waals surface area contributed by atoms with Crippen LogP contribution >= 0.6 is 0 Å². The molecule has 0 rings (SSSR count). The Morgan fingerprint density at radius 1 is 1.23 bits per heavy atom. The predicted octanol–water partition coefficient (Wildman–Crippen LogP) is 2.58. The van der Waals surface area contributed by atoms with Crippen molar-refractivity contribution in [3.63, 3.8) is 0 Å². The number of hydrogen-bond donors (Lipinski definition) is 1. The summed E-state index contributed by atoms with van der Waals surface area (Å²) in [6, 6.07) is 0.607. The number of unbranched alkanes of at least 4 members (excludes halogenated alkanes) is 1. The molecule has 0 fully saturated rings. The normalized spacial score (nSPS) is 12.5. The first-order valence-electron chi connectivity index (χ1n) is 5.26. The van der Waals surface area contributed by atoms with Crippen LogP contribution in [0.2, 0.25) is 0 Å². The van der Waals surface area contributed by atoms with Gasteiger partial charge < -0.3 is 10.1 Å². The van der Waals surface area contributed by atoms with E-state index in [4.69, 9.17) is 4.74 Å². The zero-order chi connectivity index (χ0) is 10.3. The van der Waals surface area contributed by atoms with Crippen LogP contribution in [0.1, 0.15) is 47.0 Å². The molecule has 0 bridgehead atoms. The summed E-state index contributed by atoms with van der Waals surface area (Å²) in [5, 5.41) is 3.41. The smallest absolute Gasteiger partial charge is 0.0622 e. The Hall–Kier alpha value is -0.0800. The lowest BCUT2D eigenvalue weighted by Crippen LogP contribution is -2.25. The molecule has 0 unspecified atom stereocenters. The van der Waals surface area contributed by atoms with E-state index in [2.05, 4.69) is 33.0 Å². The predicted molar refractivity (Wildman–Crippen MR) is 58.1 cm³/mol. The van der Waals surface area contributed by atoms with Crippen LogP contribution in [-0.2, 0) is 4.74 Å². The molecular weight excluding hydrogens is 162 g/mol. The van der Waals surface area contributed by atoms with Crippen molar-refractivity contribution in [3.8, 4) is 0 Å². The van der Waals surface area contributed by atoms with Crippen LogP contribution in [0.15, 0.2) is 0 Å². The molecule has 0 aliphatic rings. The number of methoxy groups -OCH3 is 1. The summed E-state index contributed by atoms with van der Waals surface area (Å²) in [6.45, 7) is 9.77. The molecule has 80 valence electrons. The van der Waals surface area contributed by atoms with Crippen molar-refractivity contribution in [1.29, 1.82) is 0 Å². The summed E-state index contributed by atoms with van der Waals surface area (Å²) in [7, 11) is 1.78. The van der Waals surface area contributed by atoms with Crippen LogP contribution in [0.25, 0.3) is 0 Å². The molecule has 0 saturated heterocycles. The molecule has 13 heavy (non-hydrogen) atoms. The van der Waals surface area contributed by atoms with Gasteiger partial charge in [-0.3, -0.25) is 0 Å². The molecule has 0 heterocycles. The van der Waals surface area contributed by atoms with Crippen molar-refractivity contribution >= 4 is 0 Å². The van der Waals surface area contributed by atoms with Gasteiger partial charge in [0.05, 0.1) is 5.60 Å². The maximum atomic E-state index is 5.34. The average Bonchev–Trinajstić information content (AvgIpc) is 2.03. The molecule has 0 aliphatic heterocycles. The SMILES string of the molecule is COC(C)(C)CCCCNC(C)C. The van der Waals surface area contributed by atoms with Crippen LogP contribution in [0.4, 0.5) is 0 Å². The van der Waals surface area contributed by atoms with E-state index in [1.807, 2.05) is 0 Å². The zero-order valence-corrected chi connectivity index (χ0v) is 9.81. The molecule has 2 heteroatoms. The number of rotatable bonds is 7. The van der Waals surface area contributed by atoms with Crippen LogP contribution in [0.5, 0.6) is 0 Å². The Bertz CT molecular complexity index is 121. The van der Waals surface area contributed by atoms with E-state index in [0.29, 0.717) is 6.04 Å².